The first-order valence-corrected chi connectivity index (χ1v) is 25.3. The molecule has 0 spiro atoms. The molecule has 5 aromatic rings. The maximum atomic E-state index is 13.2. The largest absolute Gasteiger partial charge is 0.507 e. The van der Waals surface area contributed by atoms with Crippen molar-refractivity contribution in [2.75, 3.05) is 48.3 Å². The van der Waals surface area contributed by atoms with Crippen LogP contribution >= 0.6 is 0 Å². The smallest absolute Gasteiger partial charge is 0.402 e. The van der Waals surface area contributed by atoms with Crippen molar-refractivity contribution >= 4 is 35.1 Å². The maximum absolute atomic E-state index is 13.2. The minimum atomic E-state index is -2.20. The van der Waals surface area contributed by atoms with Gasteiger partial charge in [-0.2, -0.15) is 0 Å². The Balaban J connectivity index is 1.13. The van der Waals surface area contributed by atoms with Crippen molar-refractivity contribution in [3.63, 3.8) is 0 Å². The van der Waals surface area contributed by atoms with Crippen molar-refractivity contribution < 1.29 is 142 Å². The highest BCUT2D eigenvalue weighted by atomic mass is 16.8. The first-order valence-electron chi connectivity index (χ1n) is 25.3. The van der Waals surface area contributed by atoms with E-state index < -0.39 is 147 Å². The third-order valence-corrected chi connectivity index (χ3v) is 13.6. The van der Waals surface area contributed by atoms with Gasteiger partial charge in [0.2, 0.25) is 29.8 Å². The SMILES string of the molecule is COc1cc(/C=C/C(=O)OC[C@H]2O[C@@H](O[C@H]3[C@@H](Oc4cc5c(O[C@@H]6O[C@H](CO)[C@@H](O)[C@H](O)[C@H]6O)cc(O)cc5[o+]c4-c4ccc(O)c(O)c4)O[C@H](COC(=O)/C=C/c4cc(OC)c(O)c(OC)c4)[C@@H](O)[C@@H]3O)[C@H](O)[C@@H](O)[C@@H]2O)cc(OC)c1O. The molecule has 0 saturated carbocycles. The second-order valence-corrected chi connectivity index (χ2v) is 19.0. The van der Waals surface area contributed by atoms with Gasteiger partial charge in [-0.15, -0.1) is 0 Å². The van der Waals surface area contributed by atoms with E-state index in [1.54, 1.807) is 0 Å². The number of carbonyl (C=O) groups excluding carboxylic acids is 2. The predicted molar refractivity (Wildman–Crippen MR) is 281 cm³/mol. The van der Waals surface area contributed by atoms with Gasteiger partial charge in [0.1, 0.15) is 97.2 Å². The van der Waals surface area contributed by atoms with Crippen LogP contribution in [0.3, 0.4) is 0 Å². The van der Waals surface area contributed by atoms with E-state index in [0.717, 1.165) is 36.4 Å². The summed E-state index contributed by atoms with van der Waals surface area (Å²) in [5.74, 6) is -5.56. The van der Waals surface area contributed by atoms with Gasteiger partial charge in [-0.25, -0.2) is 14.0 Å². The lowest BCUT2D eigenvalue weighted by Gasteiger charge is -2.45. The van der Waals surface area contributed by atoms with Crippen LogP contribution in [0, 0.1) is 0 Å². The molecule has 0 unspecified atom stereocenters. The van der Waals surface area contributed by atoms with E-state index in [4.69, 9.17) is 61.3 Å². The lowest BCUT2D eigenvalue weighted by atomic mass is 9.97. The zero-order chi connectivity index (χ0) is 60.8. The fourth-order valence-corrected chi connectivity index (χ4v) is 9.01. The van der Waals surface area contributed by atoms with Gasteiger partial charge in [-0.1, -0.05) is 0 Å². The lowest BCUT2D eigenvalue weighted by molar-refractivity contribution is -0.358. The Morgan fingerprint density at radius 2 is 0.988 bits per heavy atom. The molecule has 0 bridgehead atoms. The zero-order valence-electron chi connectivity index (χ0n) is 44.7. The Morgan fingerprint density at radius 3 is 1.50 bits per heavy atom. The van der Waals surface area contributed by atoms with E-state index in [9.17, 15) is 81.1 Å². The first kappa shape index (κ1) is 62.0. The number of benzene rings is 4. The number of methoxy groups -OCH3 is 4. The second-order valence-electron chi connectivity index (χ2n) is 19.0. The molecular weight excluding hydrogens is 1120 g/mol. The van der Waals surface area contributed by atoms with Gasteiger partial charge in [-0.3, -0.25) is 0 Å². The van der Waals surface area contributed by atoms with Gasteiger partial charge in [0.15, 0.2) is 46.9 Å². The van der Waals surface area contributed by atoms with Crippen LogP contribution < -0.4 is 28.4 Å². The monoisotopic (exact) mass is 1190 g/mol. The van der Waals surface area contributed by atoms with Crippen molar-refractivity contribution in [2.24, 2.45) is 0 Å². The molecule has 1 aromatic heterocycles. The molecule has 4 heterocycles. The van der Waals surface area contributed by atoms with Gasteiger partial charge >= 0.3 is 23.3 Å². The number of phenols is 5. The zero-order valence-corrected chi connectivity index (χ0v) is 44.7. The number of phenolic OH excluding ortho intramolecular Hbond substituents is 5. The average molecular weight is 1190 g/mol. The fourth-order valence-electron chi connectivity index (χ4n) is 9.01. The Labute approximate surface area is 475 Å². The number of esters is 2. The van der Waals surface area contributed by atoms with Crippen molar-refractivity contribution in [3.05, 3.63) is 83.9 Å². The number of aliphatic hydroxyl groups excluding tert-OH is 9. The van der Waals surface area contributed by atoms with Crippen LogP contribution in [0.4, 0.5) is 0 Å². The third-order valence-electron chi connectivity index (χ3n) is 13.6. The molecule has 29 nitrogen and oxygen atoms in total. The molecule has 8 rings (SSSR count). The topological polar surface area (TPSA) is 439 Å². The van der Waals surface area contributed by atoms with E-state index in [2.05, 4.69) is 0 Å². The standard InChI is InChI=1S/C55H60O29/c1-72-31-11-22(12-32(73-2)41(31)62)5-9-39(60)76-20-37-44(65)47(68)50(71)54(82-37)84-52-48(69)45(66)38(21-77-40(61)10-6-23-13-33(74-3)42(63)34(14-23)75-4)83-55(52)80-35-18-26-29(78-51(35)24-7-8-27(58)28(59)15-24)16-25(57)17-30(26)79-53-49(70)46(67)43(64)36(19-56)81-53/h5-18,36-38,43-50,52-56,64-71H,19-21H2,1-4H3,(H4-,57,58,59,60,61,62,63)/p+1/t36-,37-,38-,43-,44-,45-,46+,47+,48+,49-,50-,52-,53-,54+,55+/m1/s1. The van der Waals surface area contributed by atoms with E-state index in [-0.39, 0.29) is 62.5 Å². The van der Waals surface area contributed by atoms with Crippen LogP contribution in [0.2, 0.25) is 0 Å². The summed E-state index contributed by atoms with van der Waals surface area (Å²) >= 11 is 0. The van der Waals surface area contributed by atoms with Crippen molar-refractivity contribution in [1.82, 2.24) is 0 Å². The van der Waals surface area contributed by atoms with Gasteiger partial charge in [0.05, 0.1) is 46.7 Å². The Bertz CT molecular complexity index is 3150. The van der Waals surface area contributed by atoms with Gasteiger partial charge in [0.25, 0.3) is 0 Å². The molecule has 3 saturated heterocycles. The summed E-state index contributed by atoms with van der Waals surface area (Å²) in [6.07, 6.45) is -24.6. The molecule has 14 N–H and O–H groups in total. The third kappa shape index (κ3) is 13.5. The van der Waals surface area contributed by atoms with Gasteiger partial charge in [-0.05, 0) is 59.7 Å². The van der Waals surface area contributed by atoms with E-state index in [1.165, 1.54) is 77.0 Å². The number of hydrogen-bond donors (Lipinski definition) is 14. The molecule has 3 aliphatic heterocycles. The van der Waals surface area contributed by atoms with Crippen LogP contribution in [-0.4, -0.2) is 224 Å². The van der Waals surface area contributed by atoms with Crippen LogP contribution in [0.15, 0.2) is 77.2 Å². The highest BCUT2D eigenvalue weighted by molar-refractivity contribution is 5.90. The Hall–Kier alpha value is -8.01. The Kier molecular flexibility index (Phi) is 19.7. The molecule has 3 fully saturated rings. The molecule has 454 valence electrons. The minimum absolute atomic E-state index is 0.00780. The summed E-state index contributed by atoms with van der Waals surface area (Å²) in [7, 11) is 5.17. The first-order chi connectivity index (χ1) is 40.1. The van der Waals surface area contributed by atoms with Crippen LogP contribution in [0.1, 0.15) is 11.1 Å². The molecule has 84 heavy (non-hydrogen) atoms. The molecule has 0 radical (unpaired) electrons. The van der Waals surface area contributed by atoms with E-state index in [1.807, 2.05) is 0 Å². The Morgan fingerprint density at radius 1 is 0.512 bits per heavy atom. The van der Waals surface area contributed by atoms with Crippen LogP contribution in [0.5, 0.6) is 63.2 Å². The number of hydrogen-bond acceptors (Lipinski definition) is 28. The summed E-state index contributed by atoms with van der Waals surface area (Å²) in [5, 5.41) is 151. The number of fused-ring (bicyclic) bond motifs is 1. The van der Waals surface area contributed by atoms with Crippen molar-refractivity contribution in [1.29, 1.82) is 0 Å². The molecule has 0 aliphatic carbocycles. The fraction of sp³-hybridized carbons (Fsp3) is 0.400. The molecule has 3 aliphatic rings. The number of aromatic hydroxyl groups is 5. The number of aliphatic hydroxyl groups is 9. The number of ether oxygens (including phenoxy) is 12. The second kappa shape index (κ2) is 26.7. The molecule has 0 amide bonds. The summed E-state index contributed by atoms with van der Waals surface area (Å²) in [6, 6.07) is 12.1. The van der Waals surface area contributed by atoms with Crippen LogP contribution in [-0.2, 0) is 38.0 Å². The number of rotatable bonds is 20. The summed E-state index contributed by atoms with van der Waals surface area (Å²) in [5.41, 5.74) is 0.342. The molecule has 29 heteroatoms. The van der Waals surface area contributed by atoms with Crippen molar-refractivity contribution in [2.45, 2.75) is 92.1 Å². The van der Waals surface area contributed by atoms with E-state index >= 15 is 0 Å². The summed E-state index contributed by atoms with van der Waals surface area (Å²) in [4.78, 5) is 26.2. The van der Waals surface area contributed by atoms with Gasteiger partial charge in [0, 0.05) is 30.4 Å². The summed E-state index contributed by atoms with van der Waals surface area (Å²) in [6.45, 7) is -2.47. The normalized spacial score (nSPS) is 28.0. The lowest BCUT2D eigenvalue weighted by Crippen LogP contribution is -2.65. The van der Waals surface area contributed by atoms with Gasteiger partial charge < -0.3 is 128 Å². The molecule has 4 aromatic carbocycles. The predicted octanol–water partition coefficient (Wildman–Crippen LogP) is -0.347. The summed E-state index contributed by atoms with van der Waals surface area (Å²) < 4.78 is 73.5. The molecule has 15 atom stereocenters. The van der Waals surface area contributed by atoms with Crippen LogP contribution in [0.25, 0.3) is 34.4 Å². The average Bonchev–Trinajstić information content (AvgIpc) is 2.35. The maximum Gasteiger partial charge on any atom is 0.402 e. The van der Waals surface area contributed by atoms with E-state index in [0.29, 0.717) is 11.1 Å². The molecular formula is C55H61O29+. The highest BCUT2D eigenvalue weighted by Crippen LogP contribution is 2.45. The number of carbonyl (C=O) groups is 2. The van der Waals surface area contributed by atoms with Crippen molar-refractivity contribution in [3.8, 4) is 74.6 Å². The quantitative estimate of drug-likeness (QED) is 0.0205. The highest BCUT2D eigenvalue weighted by Gasteiger charge is 2.53. The minimum Gasteiger partial charge on any atom is -0.507 e.